The molecule has 0 N–H and O–H groups in total. The smallest absolute Gasteiger partial charge is 0.180 e. The summed E-state index contributed by atoms with van der Waals surface area (Å²) in [6.07, 6.45) is 4.81. The second-order valence-electron chi connectivity index (χ2n) is 8.79. The molecule has 4 nitrogen and oxygen atoms in total. The third kappa shape index (κ3) is 3.27. The Labute approximate surface area is 162 Å². The Morgan fingerprint density at radius 2 is 2.11 bits per heavy atom. The molecule has 3 atom stereocenters. The monoisotopic (exact) mass is 369 g/mol. The fourth-order valence-corrected chi connectivity index (χ4v) is 5.10. The SMILES string of the molecule is CCOCC(=O)CCc1ccc2c(c1)[C@@]1(C)CCN(C3CC3)[C@H](C2=O)[C@@H]1C. The van der Waals surface area contributed by atoms with E-state index in [-0.39, 0.29) is 23.8 Å². The normalized spacial score (nSPS) is 30.3. The Hall–Kier alpha value is -1.52. The van der Waals surface area contributed by atoms with Gasteiger partial charge >= 0.3 is 0 Å². The number of likely N-dealkylation sites (tertiary alicyclic amines) is 1. The molecule has 1 saturated heterocycles. The first-order chi connectivity index (χ1) is 13.0. The highest BCUT2D eigenvalue weighted by Crippen LogP contribution is 2.50. The molecule has 1 aromatic carbocycles. The molecule has 1 heterocycles. The van der Waals surface area contributed by atoms with Gasteiger partial charge in [0.2, 0.25) is 0 Å². The number of ether oxygens (including phenoxy) is 1. The number of aryl methyl sites for hydroxylation is 1. The van der Waals surface area contributed by atoms with Crippen LogP contribution in [0.5, 0.6) is 0 Å². The van der Waals surface area contributed by atoms with Gasteiger partial charge in [0.1, 0.15) is 6.61 Å². The zero-order chi connectivity index (χ0) is 19.2. The number of Topliss-reactive ketones (excluding diaryl/α,β-unsaturated/α-hetero) is 2. The molecule has 2 fully saturated rings. The van der Waals surface area contributed by atoms with Crippen LogP contribution in [0, 0.1) is 5.92 Å². The van der Waals surface area contributed by atoms with E-state index in [4.69, 9.17) is 4.74 Å². The van der Waals surface area contributed by atoms with Crippen LogP contribution in [-0.4, -0.2) is 48.3 Å². The van der Waals surface area contributed by atoms with Crippen molar-refractivity contribution in [1.29, 1.82) is 0 Å². The minimum Gasteiger partial charge on any atom is -0.374 e. The standard InChI is InChI=1S/C23H31NO3/c1-4-27-14-18(25)9-5-16-6-10-19-20(13-16)23(3)11-12-24(17-7-8-17)21(15(23)2)22(19)26/h6,10,13,15,17,21H,4-5,7-9,11-12,14H2,1-3H3/t15-,21-,23-/m0/s1. The van der Waals surface area contributed by atoms with Gasteiger partial charge in [-0.1, -0.05) is 32.0 Å². The largest absolute Gasteiger partial charge is 0.374 e. The van der Waals surface area contributed by atoms with Gasteiger partial charge < -0.3 is 4.74 Å². The van der Waals surface area contributed by atoms with Crippen LogP contribution in [0.1, 0.15) is 67.9 Å². The van der Waals surface area contributed by atoms with E-state index in [1.807, 2.05) is 19.1 Å². The first kappa shape index (κ1) is 18.8. The van der Waals surface area contributed by atoms with Crippen molar-refractivity contribution in [2.45, 2.75) is 70.4 Å². The van der Waals surface area contributed by atoms with E-state index >= 15 is 0 Å². The highest BCUT2D eigenvalue weighted by atomic mass is 16.5. The second kappa shape index (κ2) is 7.14. The van der Waals surface area contributed by atoms with Crippen LogP contribution in [-0.2, 0) is 21.4 Å². The lowest BCUT2D eigenvalue weighted by atomic mass is 9.58. The van der Waals surface area contributed by atoms with Crippen LogP contribution < -0.4 is 0 Å². The van der Waals surface area contributed by atoms with Crippen molar-refractivity contribution in [1.82, 2.24) is 4.90 Å². The van der Waals surface area contributed by atoms with Crippen molar-refractivity contribution >= 4 is 11.6 Å². The van der Waals surface area contributed by atoms with Gasteiger partial charge in [-0.2, -0.15) is 0 Å². The summed E-state index contributed by atoms with van der Waals surface area (Å²) in [5, 5.41) is 0. The van der Waals surface area contributed by atoms with E-state index in [1.165, 1.54) is 18.4 Å². The molecular formula is C23H31NO3. The summed E-state index contributed by atoms with van der Waals surface area (Å²) >= 11 is 0. The lowest BCUT2D eigenvalue weighted by Crippen LogP contribution is -2.61. The number of hydrogen-bond acceptors (Lipinski definition) is 4. The summed E-state index contributed by atoms with van der Waals surface area (Å²) in [5.41, 5.74) is 3.32. The minimum absolute atomic E-state index is 0.0439. The average molecular weight is 370 g/mol. The van der Waals surface area contributed by atoms with Gasteiger partial charge in [-0.15, -0.1) is 0 Å². The van der Waals surface area contributed by atoms with Gasteiger partial charge in [-0.25, -0.2) is 0 Å². The highest BCUT2D eigenvalue weighted by molar-refractivity contribution is 6.03. The molecule has 1 aromatic rings. The van der Waals surface area contributed by atoms with E-state index < -0.39 is 0 Å². The molecule has 27 heavy (non-hydrogen) atoms. The second-order valence-corrected chi connectivity index (χ2v) is 8.79. The maximum absolute atomic E-state index is 13.3. The molecule has 0 unspecified atom stereocenters. The Balaban J connectivity index is 1.58. The van der Waals surface area contributed by atoms with Gasteiger partial charge in [-0.05, 0) is 55.1 Å². The predicted octanol–water partition coefficient (Wildman–Crippen LogP) is 3.55. The number of ketones is 2. The lowest BCUT2D eigenvalue weighted by molar-refractivity contribution is -0.123. The van der Waals surface area contributed by atoms with Crippen molar-refractivity contribution in [2.24, 2.45) is 5.92 Å². The van der Waals surface area contributed by atoms with Gasteiger partial charge in [-0.3, -0.25) is 14.5 Å². The molecule has 1 saturated carbocycles. The number of nitrogens with zero attached hydrogens (tertiary/aromatic N) is 1. The highest BCUT2D eigenvalue weighted by Gasteiger charge is 2.54. The third-order valence-electron chi connectivity index (χ3n) is 7.13. The number of piperidine rings is 1. The van der Waals surface area contributed by atoms with E-state index in [0.29, 0.717) is 30.8 Å². The molecular weight excluding hydrogens is 338 g/mol. The van der Waals surface area contributed by atoms with Crippen molar-refractivity contribution in [2.75, 3.05) is 19.8 Å². The molecule has 0 aromatic heterocycles. The molecule has 146 valence electrons. The molecule has 4 heteroatoms. The van der Waals surface area contributed by atoms with Crippen LogP contribution in [0.3, 0.4) is 0 Å². The number of fused-ring (bicyclic) bond motifs is 4. The summed E-state index contributed by atoms with van der Waals surface area (Å²) < 4.78 is 5.21. The molecule has 0 spiro atoms. The molecule has 2 aliphatic carbocycles. The van der Waals surface area contributed by atoms with Crippen LogP contribution in [0.15, 0.2) is 18.2 Å². The van der Waals surface area contributed by atoms with Gasteiger partial charge in [0.05, 0.1) is 6.04 Å². The quantitative estimate of drug-likeness (QED) is 0.737. The zero-order valence-electron chi connectivity index (χ0n) is 16.8. The maximum Gasteiger partial charge on any atom is 0.180 e. The van der Waals surface area contributed by atoms with Gasteiger partial charge in [0, 0.05) is 31.2 Å². The summed E-state index contributed by atoms with van der Waals surface area (Å²) in [6, 6.07) is 6.95. The molecule has 0 amide bonds. The maximum atomic E-state index is 13.3. The Kier molecular flexibility index (Phi) is 4.98. The number of rotatable bonds is 7. The number of carbonyl (C=O) groups is 2. The van der Waals surface area contributed by atoms with E-state index in [0.717, 1.165) is 30.5 Å². The molecule has 2 bridgehead atoms. The Morgan fingerprint density at radius 1 is 1.33 bits per heavy atom. The van der Waals surface area contributed by atoms with Crippen LogP contribution in [0.4, 0.5) is 0 Å². The summed E-state index contributed by atoms with van der Waals surface area (Å²) in [5.74, 6) is 0.783. The average Bonchev–Trinajstić information content (AvgIpc) is 3.50. The van der Waals surface area contributed by atoms with Crippen LogP contribution in [0.25, 0.3) is 0 Å². The summed E-state index contributed by atoms with van der Waals surface area (Å²) in [7, 11) is 0. The van der Waals surface area contributed by atoms with Crippen molar-refractivity contribution in [3.63, 3.8) is 0 Å². The fraction of sp³-hybridized carbons (Fsp3) is 0.652. The first-order valence-corrected chi connectivity index (χ1v) is 10.5. The zero-order valence-corrected chi connectivity index (χ0v) is 16.8. The Morgan fingerprint density at radius 3 is 2.81 bits per heavy atom. The van der Waals surface area contributed by atoms with Gasteiger partial charge in [0.25, 0.3) is 0 Å². The minimum atomic E-state index is 0.0439. The van der Waals surface area contributed by atoms with E-state index in [1.54, 1.807) is 0 Å². The van der Waals surface area contributed by atoms with Crippen molar-refractivity contribution < 1.29 is 14.3 Å². The van der Waals surface area contributed by atoms with E-state index in [9.17, 15) is 9.59 Å². The molecule has 0 radical (unpaired) electrons. The predicted molar refractivity (Wildman–Crippen MR) is 105 cm³/mol. The fourth-order valence-electron chi connectivity index (χ4n) is 5.10. The summed E-state index contributed by atoms with van der Waals surface area (Å²) in [6.45, 7) is 8.30. The summed E-state index contributed by atoms with van der Waals surface area (Å²) in [4.78, 5) is 27.7. The van der Waals surface area contributed by atoms with Crippen molar-refractivity contribution in [3.8, 4) is 0 Å². The number of hydrogen-bond donors (Lipinski definition) is 0. The molecule has 4 rings (SSSR count). The van der Waals surface area contributed by atoms with E-state index in [2.05, 4.69) is 24.8 Å². The molecule has 1 aliphatic heterocycles. The third-order valence-corrected chi connectivity index (χ3v) is 7.13. The molecule has 3 aliphatic rings. The van der Waals surface area contributed by atoms with Gasteiger partial charge in [0.15, 0.2) is 11.6 Å². The number of carbonyl (C=O) groups excluding carboxylic acids is 2. The van der Waals surface area contributed by atoms with Crippen LogP contribution >= 0.6 is 0 Å². The Bertz CT molecular complexity index is 754. The van der Waals surface area contributed by atoms with Crippen molar-refractivity contribution in [3.05, 3.63) is 34.9 Å². The lowest BCUT2D eigenvalue weighted by Gasteiger charge is -2.53. The topological polar surface area (TPSA) is 46.6 Å². The number of benzene rings is 1. The van der Waals surface area contributed by atoms with Crippen LogP contribution in [0.2, 0.25) is 0 Å². The first-order valence-electron chi connectivity index (χ1n) is 10.5.